The first kappa shape index (κ1) is 18.1. The van der Waals surface area contributed by atoms with Gasteiger partial charge in [-0.1, -0.05) is 13.0 Å². The van der Waals surface area contributed by atoms with Crippen molar-refractivity contribution in [1.29, 1.82) is 0 Å². The standard InChI is InChI=1S/C17H29N3O2/c1-12(11-19-16(18)20-17(2,3)4)9-13-7-8-14(21-5)15(10-13)22-6/h7-8,10,12H,9,11H2,1-6H3,(H3,18,19,20). The molecule has 0 aliphatic carbocycles. The first-order valence-electron chi connectivity index (χ1n) is 7.54. The van der Waals surface area contributed by atoms with E-state index in [9.17, 15) is 0 Å². The molecule has 1 rings (SSSR count). The lowest BCUT2D eigenvalue weighted by molar-refractivity contribution is 0.354. The Hall–Kier alpha value is -1.91. The van der Waals surface area contributed by atoms with Crippen molar-refractivity contribution in [2.45, 2.75) is 39.7 Å². The summed E-state index contributed by atoms with van der Waals surface area (Å²) in [5.41, 5.74) is 7.02. The van der Waals surface area contributed by atoms with Crippen molar-refractivity contribution in [2.24, 2.45) is 16.6 Å². The van der Waals surface area contributed by atoms with Gasteiger partial charge in [-0.05, 0) is 50.8 Å². The van der Waals surface area contributed by atoms with Gasteiger partial charge in [0.15, 0.2) is 17.5 Å². The number of hydrogen-bond acceptors (Lipinski definition) is 3. The van der Waals surface area contributed by atoms with Crippen molar-refractivity contribution in [3.05, 3.63) is 23.8 Å². The Morgan fingerprint density at radius 1 is 1.23 bits per heavy atom. The summed E-state index contributed by atoms with van der Waals surface area (Å²) in [5, 5.41) is 3.16. The lowest BCUT2D eigenvalue weighted by Crippen LogP contribution is -2.45. The van der Waals surface area contributed by atoms with Crippen LogP contribution in [-0.4, -0.2) is 32.3 Å². The summed E-state index contributed by atoms with van der Waals surface area (Å²) in [7, 11) is 3.29. The average Bonchev–Trinajstić information content (AvgIpc) is 2.43. The highest BCUT2D eigenvalue weighted by Crippen LogP contribution is 2.28. The maximum absolute atomic E-state index is 5.89. The molecule has 0 fully saturated rings. The predicted molar refractivity (Wildman–Crippen MR) is 91.8 cm³/mol. The second-order valence-electron chi connectivity index (χ2n) is 6.60. The molecule has 1 unspecified atom stereocenters. The van der Waals surface area contributed by atoms with Crippen LogP contribution in [0.4, 0.5) is 0 Å². The molecule has 0 aliphatic heterocycles. The number of nitrogens with zero attached hydrogens (tertiary/aromatic N) is 1. The number of benzene rings is 1. The van der Waals surface area contributed by atoms with Gasteiger partial charge in [-0.2, -0.15) is 0 Å². The van der Waals surface area contributed by atoms with Crippen molar-refractivity contribution in [3.8, 4) is 11.5 Å². The van der Waals surface area contributed by atoms with Crippen LogP contribution in [0.25, 0.3) is 0 Å². The van der Waals surface area contributed by atoms with E-state index in [1.54, 1.807) is 14.2 Å². The zero-order valence-corrected chi connectivity index (χ0v) is 14.6. The molecule has 0 saturated heterocycles. The number of nitrogens with one attached hydrogen (secondary N) is 1. The summed E-state index contributed by atoms with van der Waals surface area (Å²) in [6.45, 7) is 9.02. The van der Waals surface area contributed by atoms with Crippen LogP contribution in [-0.2, 0) is 6.42 Å². The van der Waals surface area contributed by atoms with E-state index in [0.717, 1.165) is 17.9 Å². The Kier molecular flexibility index (Phi) is 6.53. The van der Waals surface area contributed by atoms with Crippen molar-refractivity contribution < 1.29 is 9.47 Å². The van der Waals surface area contributed by atoms with Gasteiger partial charge in [0.1, 0.15) is 0 Å². The molecule has 5 heteroatoms. The predicted octanol–water partition coefficient (Wildman–Crippen LogP) is 2.59. The SMILES string of the molecule is COc1ccc(CC(C)CN=C(N)NC(C)(C)C)cc1OC. The van der Waals surface area contributed by atoms with Crippen LogP contribution in [0.2, 0.25) is 0 Å². The molecule has 5 nitrogen and oxygen atoms in total. The van der Waals surface area contributed by atoms with Crippen LogP contribution in [0.1, 0.15) is 33.3 Å². The van der Waals surface area contributed by atoms with E-state index in [0.29, 0.717) is 18.4 Å². The van der Waals surface area contributed by atoms with E-state index < -0.39 is 0 Å². The van der Waals surface area contributed by atoms with E-state index in [-0.39, 0.29) is 5.54 Å². The maximum Gasteiger partial charge on any atom is 0.188 e. The minimum absolute atomic E-state index is 0.0693. The number of nitrogens with two attached hydrogens (primary N) is 1. The first-order chi connectivity index (χ1) is 10.2. The Balaban J connectivity index is 2.62. The van der Waals surface area contributed by atoms with Crippen LogP contribution < -0.4 is 20.5 Å². The molecule has 0 amide bonds. The molecule has 1 aromatic carbocycles. The molecule has 0 radical (unpaired) electrons. The van der Waals surface area contributed by atoms with Crippen molar-refractivity contribution in [3.63, 3.8) is 0 Å². The van der Waals surface area contributed by atoms with Gasteiger partial charge in [0, 0.05) is 12.1 Å². The van der Waals surface area contributed by atoms with Gasteiger partial charge >= 0.3 is 0 Å². The molecule has 0 aliphatic rings. The van der Waals surface area contributed by atoms with E-state index in [1.165, 1.54) is 5.56 Å². The van der Waals surface area contributed by atoms with Gasteiger partial charge < -0.3 is 20.5 Å². The van der Waals surface area contributed by atoms with E-state index in [2.05, 4.69) is 44.1 Å². The number of methoxy groups -OCH3 is 2. The van der Waals surface area contributed by atoms with Crippen molar-refractivity contribution in [2.75, 3.05) is 20.8 Å². The first-order valence-corrected chi connectivity index (χ1v) is 7.54. The van der Waals surface area contributed by atoms with Crippen LogP contribution in [0.15, 0.2) is 23.2 Å². The van der Waals surface area contributed by atoms with Crippen molar-refractivity contribution >= 4 is 5.96 Å². The molecule has 0 bridgehead atoms. The molecule has 1 atom stereocenters. The van der Waals surface area contributed by atoms with E-state index >= 15 is 0 Å². The summed E-state index contributed by atoms with van der Waals surface area (Å²) in [5.74, 6) is 2.38. The van der Waals surface area contributed by atoms with Crippen molar-refractivity contribution in [1.82, 2.24) is 5.32 Å². The average molecular weight is 307 g/mol. The minimum atomic E-state index is -0.0693. The highest BCUT2D eigenvalue weighted by Gasteiger charge is 2.11. The molecule has 0 heterocycles. The van der Waals surface area contributed by atoms with E-state index in [1.807, 2.05) is 12.1 Å². The van der Waals surface area contributed by atoms with Gasteiger partial charge in [-0.3, -0.25) is 4.99 Å². The third kappa shape index (κ3) is 6.24. The minimum Gasteiger partial charge on any atom is -0.493 e. The number of ether oxygens (including phenoxy) is 2. The summed E-state index contributed by atoms with van der Waals surface area (Å²) in [6, 6.07) is 5.99. The fourth-order valence-corrected chi connectivity index (χ4v) is 2.15. The quantitative estimate of drug-likeness (QED) is 0.626. The lowest BCUT2D eigenvalue weighted by atomic mass is 10.0. The number of aliphatic imine (C=N–C) groups is 1. The topological polar surface area (TPSA) is 68.9 Å². The zero-order valence-electron chi connectivity index (χ0n) is 14.6. The summed E-state index contributed by atoms with van der Waals surface area (Å²) >= 11 is 0. The molecular formula is C17H29N3O2. The Labute approximate surface area is 133 Å². The second-order valence-corrected chi connectivity index (χ2v) is 6.60. The fourth-order valence-electron chi connectivity index (χ4n) is 2.15. The molecule has 3 N–H and O–H groups in total. The Morgan fingerprint density at radius 2 is 1.86 bits per heavy atom. The van der Waals surface area contributed by atoms with Crippen LogP contribution in [0.3, 0.4) is 0 Å². The number of hydrogen-bond donors (Lipinski definition) is 2. The van der Waals surface area contributed by atoms with Gasteiger partial charge in [-0.15, -0.1) is 0 Å². The Morgan fingerprint density at radius 3 is 2.41 bits per heavy atom. The smallest absolute Gasteiger partial charge is 0.188 e. The van der Waals surface area contributed by atoms with Gasteiger partial charge in [0.25, 0.3) is 0 Å². The highest BCUT2D eigenvalue weighted by molar-refractivity contribution is 5.78. The monoisotopic (exact) mass is 307 g/mol. The fraction of sp³-hybridized carbons (Fsp3) is 0.588. The van der Waals surface area contributed by atoms with E-state index in [4.69, 9.17) is 15.2 Å². The molecule has 0 spiro atoms. The largest absolute Gasteiger partial charge is 0.493 e. The molecule has 0 aromatic heterocycles. The molecule has 22 heavy (non-hydrogen) atoms. The highest BCUT2D eigenvalue weighted by atomic mass is 16.5. The summed E-state index contributed by atoms with van der Waals surface area (Å²) in [4.78, 5) is 4.41. The summed E-state index contributed by atoms with van der Waals surface area (Å²) < 4.78 is 10.6. The zero-order chi connectivity index (χ0) is 16.8. The van der Waals surface area contributed by atoms with Crippen LogP contribution >= 0.6 is 0 Å². The third-order valence-electron chi connectivity index (χ3n) is 3.11. The van der Waals surface area contributed by atoms with Gasteiger partial charge in [-0.25, -0.2) is 0 Å². The normalized spacial score (nSPS) is 13.6. The molecule has 0 saturated carbocycles. The number of guanidine groups is 1. The van der Waals surface area contributed by atoms with Crippen LogP contribution in [0.5, 0.6) is 11.5 Å². The molecule has 124 valence electrons. The Bertz CT molecular complexity index is 507. The maximum atomic E-state index is 5.89. The molecule has 1 aromatic rings. The second kappa shape index (κ2) is 7.92. The summed E-state index contributed by atoms with van der Waals surface area (Å²) in [6.07, 6.45) is 0.909. The third-order valence-corrected chi connectivity index (χ3v) is 3.11. The number of rotatable bonds is 6. The lowest BCUT2D eigenvalue weighted by Gasteiger charge is -2.21. The van der Waals surface area contributed by atoms with Crippen LogP contribution in [0, 0.1) is 5.92 Å². The van der Waals surface area contributed by atoms with Gasteiger partial charge in [0.05, 0.1) is 14.2 Å². The molecular weight excluding hydrogens is 278 g/mol. The van der Waals surface area contributed by atoms with Gasteiger partial charge in [0.2, 0.25) is 0 Å².